The molecule has 0 atom stereocenters. The highest BCUT2D eigenvalue weighted by Crippen LogP contribution is 2.47. The Kier molecular flexibility index (Phi) is 4.41. The van der Waals surface area contributed by atoms with E-state index in [4.69, 9.17) is 4.74 Å². The summed E-state index contributed by atoms with van der Waals surface area (Å²) in [6.45, 7) is 7.28. The Morgan fingerprint density at radius 3 is 2.61 bits per heavy atom. The molecule has 0 heterocycles. The lowest BCUT2D eigenvalue weighted by Crippen LogP contribution is -2.28. The molecule has 1 aromatic rings. The molecular formula is C16H25NO. The summed E-state index contributed by atoms with van der Waals surface area (Å²) in [7, 11) is 1.75. The summed E-state index contributed by atoms with van der Waals surface area (Å²) < 4.78 is 5.06. The van der Waals surface area contributed by atoms with Gasteiger partial charge in [0, 0.05) is 20.2 Å². The second-order valence-electron chi connectivity index (χ2n) is 5.76. The quantitative estimate of drug-likeness (QED) is 0.748. The standard InChI is InChI=1S/C16H25NO/c1-13-4-5-15(10-14(13)2)11-16(6-7-16)12-17-8-9-18-3/h4-5,10,17H,6-9,11-12H2,1-3H3. The molecule has 0 aliphatic heterocycles. The van der Waals surface area contributed by atoms with Gasteiger partial charge in [0.15, 0.2) is 0 Å². The van der Waals surface area contributed by atoms with Gasteiger partial charge in [0.1, 0.15) is 0 Å². The van der Waals surface area contributed by atoms with Gasteiger partial charge < -0.3 is 10.1 Å². The second kappa shape index (κ2) is 5.85. The Hall–Kier alpha value is -0.860. The summed E-state index contributed by atoms with van der Waals surface area (Å²) in [4.78, 5) is 0. The van der Waals surface area contributed by atoms with Crippen molar-refractivity contribution in [2.75, 3.05) is 26.8 Å². The van der Waals surface area contributed by atoms with Gasteiger partial charge in [-0.15, -0.1) is 0 Å². The van der Waals surface area contributed by atoms with E-state index < -0.39 is 0 Å². The van der Waals surface area contributed by atoms with Crippen LogP contribution in [0.25, 0.3) is 0 Å². The number of hydrogen-bond acceptors (Lipinski definition) is 2. The van der Waals surface area contributed by atoms with Crippen molar-refractivity contribution in [1.82, 2.24) is 5.32 Å². The molecule has 0 bridgehead atoms. The van der Waals surface area contributed by atoms with Crippen LogP contribution in [0.2, 0.25) is 0 Å². The smallest absolute Gasteiger partial charge is 0.0587 e. The lowest BCUT2D eigenvalue weighted by Gasteiger charge is -2.17. The molecule has 18 heavy (non-hydrogen) atoms. The van der Waals surface area contributed by atoms with Crippen molar-refractivity contribution < 1.29 is 4.74 Å². The fourth-order valence-electron chi connectivity index (χ4n) is 2.47. The molecule has 0 unspecified atom stereocenters. The third kappa shape index (κ3) is 3.56. The van der Waals surface area contributed by atoms with Gasteiger partial charge in [-0.2, -0.15) is 0 Å². The van der Waals surface area contributed by atoms with Crippen LogP contribution in [-0.2, 0) is 11.2 Å². The van der Waals surface area contributed by atoms with Crippen LogP contribution in [0, 0.1) is 19.3 Å². The van der Waals surface area contributed by atoms with Crippen molar-refractivity contribution in [3.05, 3.63) is 34.9 Å². The van der Waals surface area contributed by atoms with E-state index in [-0.39, 0.29) is 0 Å². The van der Waals surface area contributed by atoms with E-state index in [0.717, 1.165) is 19.7 Å². The number of aryl methyl sites for hydroxylation is 2. The molecule has 0 amide bonds. The third-order valence-electron chi connectivity index (χ3n) is 4.09. The molecule has 1 aliphatic rings. The number of benzene rings is 1. The first-order chi connectivity index (χ1) is 8.65. The van der Waals surface area contributed by atoms with E-state index >= 15 is 0 Å². The molecule has 1 fully saturated rings. The zero-order valence-electron chi connectivity index (χ0n) is 11.9. The van der Waals surface area contributed by atoms with Gasteiger partial charge in [-0.3, -0.25) is 0 Å². The van der Waals surface area contributed by atoms with E-state index in [0.29, 0.717) is 5.41 Å². The Morgan fingerprint density at radius 2 is 2.00 bits per heavy atom. The molecule has 2 nitrogen and oxygen atoms in total. The molecule has 0 aromatic heterocycles. The average Bonchev–Trinajstić information content (AvgIpc) is 3.10. The molecule has 0 spiro atoms. The average molecular weight is 247 g/mol. The molecule has 1 N–H and O–H groups in total. The van der Waals surface area contributed by atoms with Crippen LogP contribution in [0.5, 0.6) is 0 Å². The van der Waals surface area contributed by atoms with E-state index in [1.165, 1.54) is 36.0 Å². The van der Waals surface area contributed by atoms with Crippen molar-refractivity contribution in [2.45, 2.75) is 33.1 Å². The van der Waals surface area contributed by atoms with Crippen LogP contribution >= 0.6 is 0 Å². The maximum absolute atomic E-state index is 5.06. The first-order valence-corrected chi connectivity index (χ1v) is 6.91. The normalized spacial score (nSPS) is 16.8. The van der Waals surface area contributed by atoms with Gasteiger partial charge in [-0.05, 0) is 55.2 Å². The summed E-state index contributed by atoms with van der Waals surface area (Å²) in [6.07, 6.45) is 3.94. The fraction of sp³-hybridized carbons (Fsp3) is 0.625. The van der Waals surface area contributed by atoms with Gasteiger partial charge in [0.05, 0.1) is 6.61 Å². The molecule has 0 saturated heterocycles. The summed E-state index contributed by atoms with van der Waals surface area (Å²) in [5.74, 6) is 0. The van der Waals surface area contributed by atoms with Crippen molar-refractivity contribution in [2.24, 2.45) is 5.41 Å². The van der Waals surface area contributed by atoms with Crippen molar-refractivity contribution in [3.63, 3.8) is 0 Å². The van der Waals surface area contributed by atoms with Crippen LogP contribution in [0.15, 0.2) is 18.2 Å². The van der Waals surface area contributed by atoms with Gasteiger partial charge in [0.25, 0.3) is 0 Å². The second-order valence-corrected chi connectivity index (χ2v) is 5.76. The summed E-state index contributed by atoms with van der Waals surface area (Å²) in [5, 5.41) is 3.51. The number of nitrogens with one attached hydrogen (secondary N) is 1. The highest BCUT2D eigenvalue weighted by Gasteiger charge is 2.41. The number of ether oxygens (including phenoxy) is 1. The Balaban J connectivity index is 1.86. The number of hydrogen-bond donors (Lipinski definition) is 1. The summed E-state index contributed by atoms with van der Waals surface area (Å²) in [6, 6.07) is 6.89. The predicted molar refractivity (Wildman–Crippen MR) is 76.0 cm³/mol. The maximum atomic E-state index is 5.06. The maximum Gasteiger partial charge on any atom is 0.0587 e. The lowest BCUT2D eigenvalue weighted by molar-refractivity contribution is 0.197. The molecule has 2 heteroatoms. The van der Waals surface area contributed by atoms with Gasteiger partial charge >= 0.3 is 0 Å². The van der Waals surface area contributed by atoms with Gasteiger partial charge in [0.2, 0.25) is 0 Å². The third-order valence-corrected chi connectivity index (χ3v) is 4.09. The van der Waals surface area contributed by atoms with E-state index in [9.17, 15) is 0 Å². The molecule has 1 aromatic carbocycles. The van der Waals surface area contributed by atoms with Crippen molar-refractivity contribution >= 4 is 0 Å². The number of methoxy groups -OCH3 is 1. The van der Waals surface area contributed by atoms with Crippen LogP contribution < -0.4 is 5.32 Å². The molecular weight excluding hydrogens is 222 g/mol. The Labute approximate surface area is 111 Å². The van der Waals surface area contributed by atoms with Crippen LogP contribution in [0.3, 0.4) is 0 Å². The first kappa shape index (κ1) is 13.6. The van der Waals surface area contributed by atoms with Crippen LogP contribution in [-0.4, -0.2) is 26.8 Å². The molecule has 1 saturated carbocycles. The van der Waals surface area contributed by atoms with Gasteiger partial charge in [-0.1, -0.05) is 18.2 Å². The molecule has 0 radical (unpaired) electrons. The van der Waals surface area contributed by atoms with Crippen molar-refractivity contribution in [3.8, 4) is 0 Å². The van der Waals surface area contributed by atoms with E-state index in [1.54, 1.807) is 7.11 Å². The fourth-order valence-corrected chi connectivity index (χ4v) is 2.47. The zero-order chi connectivity index (χ0) is 13.0. The summed E-state index contributed by atoms with van der Waals surface area (Å²) in [5.41, 5.74) is 4.82. The monoisotopic (exact) mass is 247 g/mol. The van der Waals surface area contributed by atoms with Crippen molar-refractivity contribution in [1.29, 1.82) is 0 Å². The Bertz CT molecular complexity index is 396. The minimum atomic E-state index is 0.523. The highest BCUT2D eigenvalue weighted by atomic mass is 16.5. The lowest BCUT2D eigenvalue weighted by atomic mass is 9.94. The zero-order valence-corrected chi connectivity index (χ0v) is 11.9. The minimum absolute atomic E-state index is 0.523. The Morgan fingerprint density at radius 1 is 1.22 bits per heavy atom. The summed E-state index contributed by atoms with van der Waals surface area (Å²) >= 11 is 0. The van der Waals surface area contributed by atoms with E-state index in [2.05, 4.69) is 37.4 Å². The highest BCUT2D eigenvalue weighted by molar-refractivity contribution is 5.31. The molecule has 100 valence electrons. The van der Waals surface area contributed by atoms with Crippen LogP contribution in [0.4, 0.5) is 0 Å². The molecule has 1 aliphatic carbocycles. The minimum Gasteiger partial charge on any atom is -0.383 e. The first-order valence-electron chi connectivity index (χ1n) is 6.91. The van der Waals surface area contributed by atoms with Gasteiger partial charge in [-0.25, -0.2) is 0 Å². The largest absolute Gasteiger partial charge is 0.383 e. The predicted octanol–water partition coefficient (Wildman–Crippen LogP) is 2.86. The molecule has 2 rings (SSSR count). The van der Waals surface area contributed by atoms with Crippen LogP contribution in [0.1, 0.15) is 29.5 Å². The number of rotatable bonds is 7. The van der Waals surface area contributed by atoms with E-state index in [1.807, 2.05) is 0 Å². The SMILES string of the molecule is COCCNCC1(Cc2ccc(C)c(C)c2)CC1. The topological polar surface area (TPSA) is 21.3 Å².